The third-order valence-corrected chi connectivity index (χ3v) is 2.62. The molecule has 8 heteroatoms. The van der Waals surface area contributed by atoms with E-state index in [1.807, 2.05) is 0 Å². The summed E-state index contributed by atoms with van der Waals surface area (Å²) in [6.45, 7) is 0. The van der Waals surface area contributed by atoms with Crippen LogP contribution in [0.4, 0.5) is 18.9 Å². The fourth-order valence-corrected chi connectivity index (χ4v) is 1.46. The second-order valence-corrected chi connectivity index (χ2v) is 4.10. The van der Waals surface area contributed by atoms with Gasteiger partial charge in [-0.25, -0.2) is 4.98 Å². The molecule has 1 aromatic heterocycles. The van der Waals surface area contributed by atoms with Gasteiger partial charge in [0.15, 0.2) is 10.4 Å². The van der Waals surface area contributed by atoms with E-state index in [-0.39, 0.29) is 10.3 Å². The van der Waals surface area contributed by atoms with Crippen LogP contribution in [0.5, 0.6) is 5.75 Å². The Kier molecular flexibility index (Phi) is 3.45. The molecule has 0 aromatic carbocycles. The molecule has 14 heavy (non-hydrogen) atoms. The van der Waals surface area contributed by atoms with Crippen LogP contribution >= 0.6 is 38.5 Å². The number of aromatic nitrogens is 1. The van der Waals surface area contributed by atoms with Gasteiger partial charge in [-0.15, -0.1) is 13.2 Å². The molecule has 78 valence electrons. The van der Waals surface area contributed by atoms with E-state index in [9.17, 15) is 13.2 Å². The van der Waals surface area contributed by atoms with Gasteiger partial charge < -0.3 is 10.5 Å². The molecule has 0 aliphatic rings. The highest BCUT2D eigenvalue weighted by Gasteiger charge is 2.33. The molecule has 3 nitrogen and oxygen atoms in total. The molecule has 0 aliphatic heterocycles. The molecule has 1 heterocycles. The molecular weight excluding hydrogens is 380 g/mol. The van der Waals surface area contributed by atoms with Crippen molar-refractivity contribution in [3.8, 4) is 5.75 Å². The van der Waals surface area contributed by atoms with Gasteiger partial charge in [-0.2, -0.15) is 0 Å². The summed E-state index contributed by atoms with van der Waals surface area (Å²) >= 11 is 4.58. The first-order valence-corrected chi connectivity index (χ1v) is 5.03. The average Bonchev–Trinajstić information content (AvgIpc) is 2.04. The number of rotatable bonds is 1. The maximum atomic E-state index is 11.9. The number of ether oxygens (including phenoxy) is 1. The first-order valence-electron chi connectivity index (χ1n) is 3.16. The summed E-state index contributed by atoms with van der Waals surface area (Å²) < 4.78 is 39.7. The Morgan fingerprint density at radius 3 is 2.57 bits per heavy atom. The molecule has 0 unspecified atom stereocenters. The van der Waals surface area contributed by atoms with E-state index in [1.54, 1.807) is 22.6 Å². The summed E-state index contributed by atoms with van der Waals surface area (Å²) in [6.07, 6.45) is -3.44. The fraction of sp³-hybridized carbons (Fsp3) is 0.167. The Balaban J connectivity index is 3.13. The third kappa shape index (κ3) is 2.87. The topological polar surface area (TPSA) is 48.1 Å². The number of alkyl halides is 3. The Labute approximate surface area is 99.1 Å². The number of halogens is 5. The van der Waals surface area contributed by atoms with Gasteiger partial charge in [0.05, 0.1) is 9.26 Å². The highest BCUT2D eigenvalue weighted by Crippen LogP contribution is 2.36. The van der Waals surface area contributed by atoms with Crippen LogP contribution < -0.4 is 10.5 Å². The van der Waals surface area contributed by atoms with Crippen molar-refractivity contribution in [1.29, 1.82) is 0 Å². The zero-order valence-corrected chi connectivity index (χ0v) is 10.1. The molecule has 0 radical (unpaired) electrons. The van der Waals surface area contributed by atoms with Crippen LogP contribution in [0.1, 0.15) is 0 Å². The lowest BCUT2D eigenvalue weighted by atomic mass is 10.4. The largest absolute Gasteiger partial charge is 0.573 e. The summed E-state index contributed by atoms with van der Waals surface area (Å²) in [5.74, 6) is -0.510. The first kappa shape index (κ1) is 11.8. The van der Waals surface area contributed by atoms with Gasteiger partial charge in [-0.3, -0.25) is 0 Å². The van der Waals surface area contributed by atoms with Crippen molar-refractivity contribution in [2.24, 2.45) is 0 Å². The molecule has 0 saturated heterocycles. The molecular formula is C6H3BrF3IN2O. The highest BCUT2D eigenvalue weighted by atomic mass is 127. The molecule has 0 saturated carbocycles. The second kappa shape index (κ2) is 4.09. The van der Waals surface area contributed by atoms with E-state index in [0.29, 0.717) is 3.57 Å². The van der Waals surface area contributed by atoms with Crippen LogP contribution in [-0.4, -0.2) is 11.3 Å². The third-order valence-electron chi connectivity index (χ3n) is 1.20. The first-order chi connectivity index (χ1) is 6.31. The van der Waals surface area contributed by atoms with Gasteiger partial charge in [0, 0.05) is 6.20 Å². The van der Waals surface area contributed by atoms with Gasteiger partial charge >= 0.3 is 6.36 Å². The van der Waals surface area contributed by atoms with Gasteiger partial charge in [0.1, 0.15) is 0 Å². The van der Waals surface area contributed by atoms with Crippen LogP contribution in [0.15, 0.2) is 10.8 Å². The van der Waals surface area contributed by atoms with Gasteiger partial charge in [0.25, 0.3) is 0 Å². The Bertz CT molecular complexity index is 358. The average molecular weight is 383 g/mol. The summed E-state index contributed by atoms with van der Waals surface area (Å²) in [6, 6.07) is 0. The van der Waals surface area contributed by atoms with E-state index >= 15 is 0 Å². The van der Waals surface area contributed by atoms with E-state index in [1.165, 1.54) is 6.20 Å². The van der Waals surface area contributed by atoms with Crippen molar-refractivity contribution in [3.05, 3.63) is 14.4 Å². The SMILES string of the molecule is Nc1c(I)cnc(Br)c1OC(F)(F)F. The molecule has 1 rings (SSSR count). The molecule has 0 amide bonds. The van der Waals surface area contributed by atoms with E-state index in [4.69, 9.17) is 5.73 Å². The Hall–Kier alpha value is -0.250. The number of nitrogens with two attached hydrogens (primary N) is 1. The molecule has 2 N–H and O–H groups in total. The fourth-order valence-electron chi connectivity index (χ4n) is 0.674. The molecule has 0 spiro atoms. The van der Waals surface area contributed by atoms with E-state index in [2.05, 4.69) is 25.7 Å². The van der Waals surface area contributed by atoms with Crippen LogP contribution in [0.25, 0.3) is 0 Å². The number of pyridine rings is 1. The smallest absolute Gasteiger partial charge is 0.401 e. The van der Waals surface area contributed by atoms with Crippen molar-refractivity contribution < 1.29 is 17.9 Å². The number of nitrogens with zero attached hydrogens (tertiary/aromatic N) is 1. The lowest BCUT2D eigenvalue weighted by Crippen LogP contribution is -2.19. The molecule has 0 bridgehead atoms. The molecule has 1 aromatic rings. The Morgan fingerprint density at radius 1 is 1.50 bits per heavy atom. The molecule has 0 atom stereocenters. The minimum Gasteiger partial charge on any atom is -0.401 e. The molecule has 0 fully saturated rings. The monoisotopic (exact) mass is 382 g/mol. The van der Waals surface area contributed by atoms with Crippen LogP contribution in [0, 0.1) is 3.57 Å². The lowest BCUT2D eigenvalue weighted by molar-refractivity contribution is -0.274. The zero-order chi connectivity index (χ0) is 10.9. The summed E-state index contributed by atoms with van der Waals surface area (Å²) in [5.41, 5.74) is 5.30. The second-order valence-electron chi connectivity index (χ2n) is 2.19. The summed E-state index contributed by atoms with van der Waals surface area (Å²) in [4.78, 5) is 3.63. The predicted octanol–water partition coefficient (Wildman–Crippen LogP) is 2.93. The van der Waals surface area contributed by atoms with Gasteiger partial charge in [0.2, 0.25) is 0 Å². The number of hydrogen-bond acceptors (Lipinski definition) is 3. The zero-order valence-electron chi connectivity index (χ0n) is 6.40. The van der Waals surface area contributed by atoms with Crippen molar-refractivity contribution in [3.63, 3.8) is 0 Å². The predicted molar refractivity (Wildman–Crippen MR) is 55.7 cm³/mol. The highest BCUT2D eigenvalue weighted by molar-refractivity contribution is 14.1. The number of hydrogen-bond donors (Lipinski definition) is 1. The summed E-state index contributed by atoms with van der Waals surface area (Å²) in [5, 5.41) is 0. The van der Waals surface area contributed by atoms with Crippen molar-refractivity contribution in [2.45, 2.75) is 6.36 Å². The van der Waals surface area contributed by atoms with E-state index in [0.717, 1.165) is 0 Å². The van der Waals surface area contributed by atoms with Crippen molar-refractivity contribution in [1.82, 2.24) is 4.98 Å². The summed E-state index contributed by atoms with van der Waals surface area (Å²) in [7, 11) is 0. The standard InChI is InChI=1S/C6H3BrF3IN2O/c7-5-4(14-6(8,9)10)3(12)2(11)1-13-5/h1H,(H2,12,13). The van der Waals surface area contributed by atoms with Gasteiger partial charge in [-0.05, 0) is 38.5 Å². The van der Waals surface area contributed by atoms with E-state index < -0.39 is 12.1 Å². The number of anilines is 1. The van der Waals surface area contributed by atoms with Crippen LogP contribution in [0.3, 0.4) is 0 Å². The van der Waals surface area contributed by atoms with Crippen LogP contribution in [-0.2, 0) is 0 Å². The quantitative estimate of drug-likeness (QED) is 0.600. The minimum absolute atomic E-state index is 0.0762. The minimum atomic E-state index is -4.78. The van der Waals surface area contributed by atoms with Crippen molar-refractivity contribution in [2.75, 3.05) is 5.73 Å². The normalized spacial score (nSPS) is 11.5. The lowest BCUT2D eigenvalue weighted by Gasteiger charge is -2.12. The maximum absolute atomic E-state index is 11.9. The number of nitrogen functional groups attached to an aromatic ring is 1. The Morgan fingerprint density at radius 2 is 2.07 bits per heavy atom. The van der Waals surface area contributed by atoms with Crippen LogP contribution in [0.2, 0.25) is 0 Å². The van der Waals surface area contributed by atoms with Crippen molar-refractivity contribution >= 4 is 44.2 Å². The molecule has 0 aliphatic carbocycles. The maximum Gasteiger partial charge on any atom is 0.573 e. The van der Waals surface area contributed by atoms with Gasteiger partial charge in [-0.1, -0.05) is 0 Å².